The van der Waals surface area contributed by atoms with Gasteiger partial charge in [-0.15, -0.1) is 0 Å². The van der Waals surface area contributed by atoms with E-state index in [1.165, 1.54) is 6.42 Å². The van der Waals surface area contributed by atoms with Gasteiger partial charge in [0.1, 0.15) is 5.92 Å². The first-order chi connectivity index (χ1) is 12.7. The van der Waals surface area contributed by atoms with Crippen LogP contribution in [0, 0.1) is 0 Å². The maximum atomic E-state index is 13.4. The van der Waals surface area contributed by atoms with Crippen LogP contribution in [0.5, 0.6) is 0 Å². The highest BCUT2D eigenvalue weighted by molar-refractivity contribution is 6.00. The van der Waals surface area contributed by atoms with E-state index in [2.05, 4.69) is 0 Å². The number of fused-ring (bicyclic) bond motifs is 1. The summed E-state index contributed by atoms with van der Waals surface area (Å²) in [4.78, 5) is 27.6. The molecule has 1 N–H and O–H groups in total. The summed E-state index contributed by atoms with van der Waals surface area (Å²) >= 11 is 0. The van der Waals surface area contributed by atoms with E-state index >= 15 is 0 Å². The summed E-state index contributed by atoms with van der Waals surface area (Å²) in [5.74, 6) is -1.65. The van der Waals surface area contributed by atoms with Crippen LogP contribution < -0.4 is 0 Å². The van der Waals surface area contributed by atoms with E-state index in [0.717, 1.165) is 31.2 Å². The van der Waals surface area contributed by atoms with E-state index < -0.39 is 17.9 Å². The Labute approximate surface area is 153 Å². The van der Waals surface area contributed by atoms with Crippen molar-refractivity contribution in [3.05, 3.63) is 71.3 Å². The Balaban J connectivity index is 1.89. The fourth-order valence-electron chi connectivity index (χ4n) is 4.58. The minimum absolute atomic E-state index is 0.0288. The van der Waals surface area contributed by atoms with Crippen molar-refractivity contribution in [1.82, 2.24) is 4.90 Å². The van der Waals surface area contributed by atoms with Gasteiger partial charge < -0.3 is 10.0 Å². The molecule has 1 amide bonds. The zero-order valence-electron chi connectivity index (χ0n) is 14.7. The molecule has 1 heterocycles. The van der Waals surface area contributed by atoms with Crippen LogP contribution in [0.2, 0.25) is 0 Å². The van der Waals surface area contributed by atoms with E-state index in [4.69, 9.17) is 0 Å². The van der Waals surface area contributed by atoms with Gasteiger partial charge in [-0.2, -0.15) is 0 Å². The molecule has 1 aliphatic heterocycles. The first-order valence-electron chi connectivity index (χ1n) is 9.38. The van der Waals surface area contributed by atoms with Crippen molar-refractivity contribution in [2.24, 2.45) is 0 Å². The molecule has 2 atom stereocenters. The second kappa shape index (κ2) is 6.94. The van der Waals surface area contributed by atoms with Crippen molar-refractivity contribution < 1.29 is 14.7 Å². The van der Waals surface area contributed by atoms with Crippen LogP contribution in [-0.4, -0.2) is 27.9 Å². The minimum atomic E-state index is -0.875. The number of hydrogen-bond donors (Lipinski definition) is 1. The molecule has 0 saturated heterocycles. The number of aliphatic carboxylic acids is 1. The van der Waals surface area contributed by atoms with E-state index in [-0.39, 0.29) is 11.9 Å². The fourth-order valence-corrected chi connectivity index (χ4v) is 4.58. The predicted molar refractivity (Wildman–Crippen MR) is 99.0 cm³/mol. The molecule has 1 fully saturated rings. The maximum Gasteiger partial charge on any atom is 0.313 e. The Hall–Kier alpha value is -2.62. The van der Waals surface area contributed by atoms with Crippen LogP contribution in [-0.2, 0) is 4.79 Å². The van der Waals surface area contributed by atoms with Crippen molar-refractivity contribution in [2.75, 3.05) is 0 Å². The van der Waals surface area contributed by atoms with E-state index in [1.54, 1.807) is 12.1 Å². The smallest absolute Gasteiger partial charge is 0.313 e. The van der Waals surface area contributed by atoms with E-state index in [1.807, 2.05) is 47.4 Å². The molecule has 4 rings (SSSR count). The quantitative estimate of drug-likeness (QED) is 0.894. The lowest BCUT2D eigenvalue weighted by Crippen LogP contribution is -2.50. The summed E-state index contributed by atoms with van der Waals surface area (Å²) in [6.45, 7) is 0. The third-order valence-corrected chi connectivity index (χ3v) is 5.75. The summed E-state index contributed by atoms with van der Waals surface area (Å²) in [5.41, 5.74) is 2.07. The van der Waals surface area contributed by atoms with Gasteiger partial charge in [-0.3, -0.25) is 9.59 Å². The van der Waals surface area contributed by atoms with Crippen LogP contribution in [0.15, 0.2) is 54.6 Å². The predicted octanol–water partition coefficient (Wildman–Crippen LogP) is 4.38. The number of benzene rings is 2. The van der Waals surface area contributed by atoms with E-state index in [0.29, 0.717) is 11.1 Å². The highest BCUT2D eigenvalue weighted by atomic mass is 16.4. The summed E-state index contributed by atoms with van der Waals surface area (Å²) in [5, 5.41) is 10.1. The third kappa shape index (κ3) is 2.79. The van der Waals surface area contributed by atoms with Gasteiger partial charge in [0.15, 0.2) is 0 Å². The second-order valence-electron chi connectivity index (χ2n) is 7.26. The third-order valence-electron chi connectivity index (χ3n) is 5.75. The lowest BCUT2D eigenvalue weighted by molar-refractivity contribution is -0.141. The Kier molecular flexibility index (Phi) is 4.49. The average molecular weight is 349 g/mol. The molecule has 0 aromatic heterocycles. The monoisotopic (exact) mass is 349 g/mol. The van der Waals surface area contributed by atoms with Gasteiger partial charge in [0.25, 0.3) is 5.91 Å². The molecule has 2 aromatic rings. The normalized spacial score (nSPS) is 23.5. The van der Waals surface area contributed by atoms with Gasteiger partial charge in [0, 0.05) is 11.6 Å². The number of hydrogen-bond acceptors (Lipinski definition) is 2. The zero-order chi connectivity index (χ0) is 18.1. The van der Waals surface area contributed by atoms with Gasteiger partial charge in [-0.05, 0) is 30.0 Å². The van der Waals surface area contributed by atoms with E-state index in [9.17, 15) is 14.7 Å². The molecule has 2 aliphatic rings. The van der Waals surface area contributed by atoms with Crippen LogP contribution in [0.1, 0.15) is 65.5 Å². The van der Waals surface area contributed by atoms with Crippen molar-refractivity contribution in [3.8, 4) is 0 Å². The van der Waals surface area contributed by atoms with Gasteiger partial charge in [0.2, 0.25) is 0 Å². The van der Waals surface area contributed by atoms with Crippen molar-refractivity contribution in [2.45, 2.75) is 50.1 Å². The van der Waals surface area contributed by atoms with Gasteiger partial charge >= 0.3 is 5.97 Å². The van der Waals surface area contributed by atoms with Crippen LogP contribution in [0.3, 0.4) is 0 Å². The molecule has 26 heavy (non-hydrogen) atoms. The molecule has 0 spiro atoms. The van der Waals surface area contributed by atoms with Crippen LogP contribution in [0.25, 0.3) is 0 Å². The van der Waals surface area contributed by atoms with Crippen LogP contribution >= 0.6 is 0 Å². The topological polar surface area (TPSA) is 57.6 Å². The number of carboxylic acids is 1. The number of carbonyl (C=O) groups excluding carboxylic acids is 1. The largest absolute Gasteiger partial charge is 0.481 e. The number of amides is 1. The summed E-state index contributed by atoms with van der Waals surface area (Å²) < 4.78 is 0. The molecule has 1 saturated carbocycles. The standard InChI is InChI=1S/C22H23NO3/c24-21-18-14-8-7-13-17(18)19(22(25)26)20(15-9-3-1-4-10-15)23(21)16-11-5-2-6-12-16/h1,3-4,7-10,13-14,16,19-20H,2,5-6,11-12H2,(H,25,26)/t19-,20-/m0/s1. The highest BCUT2D eigenvalue weighted by Gasteiger charge is 2.46. The summed E-state index contributed by atoms with van der Waals surface area (Å²) in [7, 11) is 0. The Morgan fingerprint density at radius 3 is 2.27 bits per heavy atom. The van der Waals surface area contributed by atoms with Crippen molar-refractivity contribution in [3.63, 3.8) is 0 Å². The minimum Gasteiger partial charge on any atom is -0.481 e. The summed E-state index contributed by atoms with van der Waals surface area (Å²) in [6.07, 6.45) is 5.27. The molecular weight excluding hydrogens is 326 g/mol. The summed E-state index contributed by atoms with van der Waals surface area (Å²) in [6, 6.07) is 16.5. The van der Waals surface area contributed by atoms with Crippen LogP contribution in [0.4, 0.5) is 0 Å². The number of rotatable bonds is 3. The maximum absolute atomic E-state index is 13.4. The number of nitrogens with zero attached hydrogens (tertiary/aromatic N) is 1. The Bertz CT molecular complexity index is 811. The van der Waals surface area contributed by atoms with Crippen molar-refractivity contribution >= 4 is 11.9 Å². The fraction of sp³-hybridized carbons (Fsp3) is 0.364. The number of carbonyl (C=O) groups is 2. The van der Waals surface area contributed by atoms with Crippen molar-refractivity contribution in [1.29, 1.82) is 0 Å². The first-order valence-corrected chi connectivity index (χ1v) is 9.38. The molecule has 4 nitrogen and oxygen atoms in total. The molecule has 134 valence electrons. The zero-order valence-corrected chi connectivity index (χ0v) is 14.7. The first kappa shape index (κ1) is 16.8. The Morgan fingerprint density at radius 2 is 1.58 bits per heavy atom. The lowest BCUT2D eigenvalue weighted by Gasteiger charge is -2.46. The number of carboxylic acid groups (broad SMARTS) is 1. The van der Waals surface area contributed by atoms with Gasteiger partial charge in [-0.1, -0.05) is 67.8 Å². The second-order valence-corrected chi connectivity index (χ2v) is 7.26. The Morgan fingerprint density at radius 1 is 0.923 bits per heavy atom. The lowest BCUT2D eigenvalue weighted by atomic mass is 9.77. The molecule has 0 unspecified atom stereocenters. The molecule has 1 aliphatic carbocycles. The highest BCUT2D eigenvalue weighted by Crippen LogP contribution is 2.45. The molecule has 0 radical (unpaired) electrons. The van der Waals surface area contributed by atoms with Gasteiger partial charge in [-0.25, -0.2) is 0 Å². The average Bonchev–Trinajstić information content (AvgIpc) is 2.69. The molecule has 4 heteroatoms. The van der Waals surface area contributed by atoms with Gasteiger partial charge in [0.05, 0.1) is 6.04 Å². The molecule has 2 aromatic carbocycles. The molecular formula is C22H23NO3. The SMILES string of the molecule is O=C(O)[C@H]1c2ccccc2C(=O)N(C2CCCCC2)[C@H]1c1ccccc1. The molecule has 0 bridgehead atoms.